The van der Waals surface area contributed by atoms with Crippen molar-refractivity contribution in [2.45, 2.75) is 22.5 Å². The van der Waals surface area contributed by atoms with Gasteiger partial charge in [-0.15, -0.1) is 0 Å². The molecule has 1 fully saturated rings. The molecule has 1 heterocycles. The Balaban J connectivity index is 2.49. The Morgan fingerprint density at radius 1 is 1.27 bits per heavy atom. The molecule has 0 bridgehead atoms. The number of carbonyl (C=O) groups excluding carboxylic acids is 1. The largest absolute Gasteiger partial charge is 0.381 e. The summed E-state index contributed by atoms with van der Waals surface area (Å²) in [5, 5.41) is 19.5. The molecule has 0 radical (unpaired) electrons. The lowest BCUT2D eigenvalue weighted by Gasteiger charge is -2.34. The molecule has 0 atom stereocenters. The third-order valence-electron chi connectivity index (χ3n) is 3.69. The summed E-state index contributed by atoms with van der Waals surface area (Å²) in [7, 11) is -4.15. The van der Waals surface area contributed by atoms with E-state index in [1.54, 1.807) is 0 Å². The molecule has 1 aromatic rings. The lowest BCUT2D eigenvalue weighted by Crippen LogP contribution is -2.54. The van der Waals surface area contributed by atoms with E-state index in [2.05, 4.69) is 0 Å². The minimum atomic E-state index is -4.15. The summed E-state index contributed by atoms with van der Waals surface area (Å²) in [6.07, 6.45) is -0.225. The van der Waals surface area contributed by atoms with Crippen LogP contribution in [0.4, 0.5) is 5.69 Å². The number of rotatable bonds is 4. The first-order valence-electron chi connectivity index (χ1n) is 6.36. The fraction of sp³-hybridized carbons (Fsp3) is 0.417. The fourth-order valence-electron chi connectivity index (χ4n) is 2.39. The zero-order valence-electron chi connectivity index (χ0n) is 11.4. The van der Waals surface area contributed by atoms with Gasteiger partial charge in [0.2, 0.25) is 0 Å². The lowest BCUT2D eigenvalue weighted by molar-refractivity contribution is -0.384. The Morgan fingerprint density at radius 3 is 2.27 bits per heavy atom. The predicted molar refractivity (Wildman–Crippen MR) is 73.0 cm³/mol. The maximum absolute atomic E-state index is 12.8. The minimum Gasteiger partial charge on any atom is -0.381 e. The van der Waals surface area contributed by atoms with Crippen molar-refractivity contribution >= 4 is 21.4 Å². The second-order valence-electron chi connectivity index (χ2n) is 4.80. The number of nitro groups is 1. The highest BCUT2D eigenvalue weighted by atomic mass is 32.2. The van der Waals surface area contributed by atoms with Gasteiger partial charge in [-0.3, -0.25) is 20.1 Å². The van der Waals surface area contributed by atoms with Crippen LogP contribution < -0.4 is 5.48 Å². The summed E-state index contributed by atoms with van der Waals surface area (Å²) in [5.74, 6) is -1.03. The lowest BCUT2D eigenvalue weighted by atomic mass is 9.98. The van der Waals surface area contributed by atoms with Crippen LogP contribution in [-0.2, 0) is 19.4 Å². The van der Waals surface area contributed by atoms with Crippen molar-refractivity contribution in [2.75, 3.05) is 13.2 Å². The number of non-ortho nitro benzene ring substituents is 1. The van der Waals surface area contributed by atoms with Crippen LogP contribution >= 0.6 is 0 Å². The van der Waals surface area contributed by atoms with Crippen LogP contribution in [0.1, 0.15) is 12.8 Å². The smallest absolute Gasteiger partial charge is 0.269 e. The number of ether oxygens (including phenoxy) is 1. The average molecular weight is 330 g/mol. The van der Waals surface area contributed by atoms with Crippen LogP contribution in [0.25, 0.3) is 0 Å². The van der Waals surface area contributed by atoms with E-state index in [-0.39, 0.29) is 36.6 Å². The molecule has 2 rings (SSSR count). The second-order valence-corrected chi connectivity index (χ2v) is 7.06. The Kier molecular flexibility index (Phi) is 4.44. The summed E-state index contributed by atoms with van der Waals surface area (Å²) < 4.78 is 28.8. The molecular formula is C12H14N2O7S. The van der Waals surface area contributed by atoms with Gasteiger partial charge in [0, 0.05) is 25.3 Å². The fourth-order valence-corrected chi connectivity index (χ4v) is 4.33. The molecule has 1 aliphatic heterocycles. The highest BCUT2D eigenvalue weighted by Crippen LogP contribution is 2.35. The van der Waals surface area contributed by atoms with E-state index in [0.717, 1.165) is 24.3 Å². The maximum atomic E-state index is 12.8. The van der Waals surface area contributed by atoms with E-state index in [4.69, 9.17) is 9.94 Å². The van der Waals surface area contributed by atoms with Crippen molar-refractivity contribution in [3.8, 4) is 0 Å². The molecule has 9 nitrogen and oxygen atoms in total. The van der Waals surface area contributed by atoms with Gasteiger partial charge in [-0.2, -0.15) is 0 Å². The van der Waals surface area contributed by atoms with E-state index >= 15 is 0 Å². The zero-order valence-corrected chi connectivity index (χ0v) is 12.2. The van der Waals surface area contributed by atoms with Crippen molar-refractivity contribution in [1.29, 1.82) is 0 Å². The molecule has 1 aromatic carbocycles. The summed E-state index contributed by atoms with van der Waals surface area (Å²) in [4.78, 5) is 21.7. The number of amides is 1. The number of hydrogen-bond donors (Lipinski definition) is 2. The first-order valence-corrected chi connectivity index (χ1v) is 7.85. The van der Waals surface area contributed by atoms with Gasteiger partial charge < -0.3 is 4.74 Å². The van der Waals surface area contributed by atoms with Crippen LogP contribution in [0, 0.1) is 10.1 Å². The second kappa shape index (κ2) is 5.99. The molecule has 22 heavy (non-hydrogen) atoms. The molecule has 0 aliphatic carbocycles. The quantitative estimate of drug-likeness (QED) is 0.464. The SMILES string of the molecule is O=C(NO)C1(S(=O)(=O)c2ccc([N+](=O)[O-])cc2)CCOCC1. The van der Waals surface area contributed by atoms with E-state index in [1.807, 2.05) is 0 Å². The van der Waals surface area contributed by atoms with Crippen LogP contribution in [-0.4, -0.2) is 42.4 Å². The Labute approximate surface area is 125 Å². The number of sulfone groups is 1. The number of nitrogens with one attached hydrogen (secondary N) is 1. The molecule has 1 saturated heterocycles. The molecule has 120 valence electrons. The zero-order chi connectivity index (χ0) is 16.4. The first kappa shape index (κ1) is 16.3. The molecule has 0 saturated carbocycles. The highest BCUT2D eigenvalue weighted by molar-refractivity contribution is 7.93. The number of hydroxylamine groups is 1. The Hall–Kier alpha value is -2.04. The summed E-state index contributed by atoms with van der Waals surface area (Å²) in [6.45, 7) is 0.110. The van der Waals surface area contributed by atoms with Gasteiger partial charge >= 0.3 is 0 Å². The molecule has 10 heteroatoms. The third-order valence-corrected chi connectivity index (χ3v) is 6.20. The van der Waals surface area contributed by atoms with Gasteiger partial charge in [0.05, 0.1) is 9.82 Å². The molecule has 2 N–H and O–H groups in total. The molecule has 0 unspecified atom stereocenters. The summed E-state index contributed by atoms with van der Waals surface area (Å²) in [5.41, 5.74) is 1.14. The standard InChI is InChI=1S/C12H14N2O7S/c15-11(13-16)12(5-7-21-8-6-12)22(19,20)10-3-1-9(2-4-10)14(17)18/h1-4,16H,5-8H2,(H,13,15). The third kappa shape index (κ3) is 2.56. The van der Waals surface area contributed by atoms with Crippen molar-refractivity contribution < 1.29 is 28.1 Å². The maximum Gasteiger partial charge on any atom is 0.269 e. The Morgan fingerprint density at radius 2 is 1.82 bits per heavy atom. The van der Waals surface area contributed by atoms with E-state index in [9.17, 15) is 23.3 Å². The number of carbonyl (C=O) groups is 1. The van der Waals surface area contributed by atoms with Gasteiger partial charge in [-0.05, 0) is 25.0 Å². The van der Waals surface area contributed by atoms with Crippen molar-refractivity contribution in [2.24, 2.45) is 0 Å². The van der Waals surface area contributed by atoms with Crippen LogP contribution in [0.2, 0.25) is 0 Å². The predicted octanol–water partition coefficient (Wildman–Crippen LogP) is 0.423. The van der Waals surface area contributed by atoms with Gasteiger partial charge in [-0.25, -0.2) is 13.9 Å². The molecule has 0 spiro atoms. The van der Waals surface area contributed by atoms with E-state index < -0.39 is 25.4 Å². The molecule has 1 amide bonds. The summed E-state index contributed by atoms with van der Waals surface area (Å²) >= 11 is 0. The molecular weight excluding hydrogens is 316 g/mol. The number of nitrogens with zero attached hydrogens (tertiary/aromatic N) is 1. The van der Waals surface area contributed by atoms with Crippen LogP contribution in [0.3, 0.4) is 0 Å². The number of benzene rings is 1. The van der Waals surface area contributed by atoms with Crippen molar-refractivity contribution in [3.05, 3.63) is 34.4 Å². The first-order chi connectivity index (χ1) is 10.3. The normalized spacial score (nSPS) is 17.7. The number of nitro benzene ring substituents is 1. The van der Waals surface area contributed by atoms with Gasteiger partial charge in [0.15, 0.2) is 14.6 Å². The van der Waals surface area contributed by atoms with Crippen molar-refractivity contribution in [3.63, 3.8) is 0 Å². The molecule has 1 aliphatic rings. The highest BCUT2D eigenvalue weighted by Gasteiger charge is 2.52. The van der Waals surface area contributed by atoms with Crippen molar-refractivity contribution in [1.82, 2.24) is 5.48 Å². The van der Waals surface area contributed by atoms with Crippen LogP contribution in [0.5, 0.6) is 0 Å². The molecule has 0 aromatic heterocycles. The topological polar surface area (TPSA) is 136 Å². The average Bonchev–Trinajstić information content (AvgIpc) is 2.54. The number of hydrogen-bond acceptors (Lipinski definition) is 7. The van der Waals surface area contributed by atoms with Gasteiger partial charge in [0.1, 0.15) is 0 Å². The minimum absolute atomic E-state index is 0.0552. The van der Waals surface area contributed by atoms with Gasteiger partial charge in [0.25, 0.3) is 11.6 Å². The van der Waals surface area contributed by atoms with Crippen LogP contribution in [0.15, 0.2) is 29.2 Å². The summed E-state index contributed by atoms with van der Waals surface area (Å²) in [6, 6.07) is 4.26. The Bertz CT molecular complexity index is 678. The van der Waals surface area contributed by atoms with E-state index in [1.165, 1.54) is 5.48 Å². The van der Waals surface area contributed by atoms with E-state index in [0.29, 0.717) is 0 Å². The van der Waals surface area contributed by atoms with Gasteiger partial charge in [-0.1, -0.05) is 0 Å². The monoisotopic (exact) mass is 330 g/mol.